The molecule has 0 fully saturated rings. The zero-order valence-electron chi connectivity index (χ0n) is 23.9. The van der Waals surface area contributed by atoms with E-state index in [1.54, 1.807) is 0 Å². The molecule has 9 rings (SSSR count). The van der Waals surface area contributed by atoms with Crippen molar-refractivity contribution in [3.05, 3.63) is 144 Å². The van der Waals surface area contributed by atoms with Gasteiger partial charge in [0.05, 0.1) is 11.0 Å². The lowest BCUT2D eigenvalue weighted by molar-refractivity contribution is 0.669. The van der Waals surface area contributed by atoms with Crippen LogP contribution in [0.1, 0.15) is 0 Å². The third-order valence-corrected chi connectivity index (χ3v) is 9.00. The molecule has 0 atom stereocenters. The van der Waals surface area contributed by atoms with Crippen LogP contribution < -0.4 is 0 Å². The molecular formula is C39H23BrN4O. The van der Waals surface area contributed by atoms with Crippen LogP contribution in [0.15, 0.2) is 148 Å². The highest BCUT2D eigenvalue weighted by molar-refractivity contribution is 9.10. The van der Waals surface area contributed by atoms with Crippen molar-refractivity contribution in [1.29, 1.82) is 0 Å². The molecule has 0 saturated heterocycles. The van der Waals surface area contributed by atoms with E-state index in [0.717, 1.165) is 70.5 Å². The molecule has 6 aromatic carbocycles. The Bertz CT molecular complexity index is 2550. The van der Waals surface area contributed by atoms with Crippen molar-refractivity contribution in [3.8, 4) is 39.9 Å². The predicted molar refractivity (Wildman–Crippen MR) is 185 cm³/mol. The summed E-state index contributed by atoms with van der Waals surface area (Å²) >= 11 is 3.81. The maximum atomic E-state index is 6.15. The second-order valence-electron chi connectivity index (χ2n) is 11.0. The Kier molecular flexibility index (Phi) is 5.89. The zero-order chi connectivity index (χ0) is 29.9. The number of fused-ring (bicyclic) bond motifs is 6. The van der Waals surface area contributed by atoms with Gasteiger partial charge in [-0.3, -0.25) is 4.57 Å². The lowest BCUT2D eigenvalue weighted by atomic mass is 9.98. The van der Waals surface area contributed by atoms with E-state index in [-0.39, 0.29) is 0 Å². The van der Waals surface area contributed by atoms with Gasteiger partial charge in [-0.25, -0.2) is 4.98 Å². The van der Waals surface area contributed by atoms with Crippen molar-refractivity contribution < 1.29 is 4.42 Å². The molecule has 0 unspecified atom stereocenters. The monoisotopic (exact) mass is 642 g/mol. The zero-order valence-corrected chi connectivity index (χ0v) is 25.4. The van der Waals surface area contributed by atoms with Crippen LogP contribution in [-0.2, 0) is 0 Å². The summed E-state index contributed by atoms with van der Waals surface area (Å²) in [5.74, 6) is 1.79. The van der Waals surface area contributed by atoms with Crippen molar-refractivity contribution >= 4 is 59.7 Å². The largest absolute Gasteiger partial charge is 0.456 e. The molecule has 0 spiro atoms. The van der Waals surface area contributed by atoms with Crippen LogP contribution in [0.2, 0.25) is 0 Å². The molecule has 6 heteroatoms. The summed E-state index contributed by atoms with van der Waals surface area (Å²) in [7, 11) is 0. The summed E-state index contributed by atoms with van der Waals surface area (Å²) in [6.07, 6.45) is 0. The van der Waals surface area contributed by atoms with Gasteiger partial charge in [-0.05, 0) is 51.3 Å². The number of nitrogens with zero attached hydrogens (tertiary/aromatic N) is 4. The number of rotatable bonds is 4. The molecule has 45 heavy (non-hydrogen) atoms. The smallest absolute Gasteiger partial charge is 0.238 e. The second kappa shape index (κ2) is 10.3. The first-order valence-electron chi connectivity index (χ1n) is 14.7. The van der Waals surface area contributed by atoms with Gasteiger partial charge in [-0.2, -0.15) is 9.97 Å². The molecule has 3 aromatic heterocycles. The molecule has 5 nitrogen and oxygen atoms in total. The van der Waals surface area contributed by atoms with E-state index in [0.29, 0.717) is 17.6 Å². The van der Waals surface area contributed by atoms with Gasteiger partial charge < -0.3 is 4.42 Å². The van der Waals surface area contributed by atoms with Gasteiger partial charge in [0.15, 0.2) is 11.6 Å². The number of aromatic nitrogens is 4. The third-order valence-electron chi connectivity index (χ3n) is 8.36. The molecule has 0 N–H and O–H groups in total. The maximum absolute atomic E-state index is 6.15. The molecular weight excluding hydrogens is 620 g/mol. The van der Waals surface area contributed by atoms with Gasteiger partial charge in [0.25, 0.3) is 0 Å². The normalized spacial score (nSPS) is 11.7. The molecule has 0 aliphatic carbocycles. The van der Waals surface area contributed by atoms with Gasteiger partial charge in [-0.1, -0.05) is 115 Å². The minimum absolute atomic E-state index is 0.565. The highest BCUT2D eigenvalue weighted by atomic mass is 79.9. The summed E-state index contributed by atoms with van der Waals surface area (Å²) in [5, 5.41) is 4.50. The summed E-state index contributed by atoms with van der Waals surface area (Å²) in [5.41, 5.74) is 7.88. The van der Waals surface area contributed by atoms with Crippen LogP contribution >= 0.6 is 15.9 Å². The highest BCUT2D eigenvalue weighted by Crippen LogP contribution is 2.38. The van der Waals surface area contributed by atoms with Crippen LogP contribution in [0, 0.1) is 0 Å². The summed E-state index contributed by atoms with van der Waals surface area (Å²) in [4.78, 5) is 15.1. The SMILES string of the molecule is Brc1cccc2c3ccccc3n(-c3nc(-c4ccccc4)nc(-c4ccc(-c5cccc6oc7ccccc7c56)cc4)n3)c12. The van der Waals surface area contributed by atoms with Crippen molar-refractivity contribution in [3.63, 3.8) is 0 Å². The number of para-hydroxylation sites is 3. The van der Waals surface area contributed by atoms with Crippen molar-refractivity contribution in [2.75, 3.05) is 0 Å². The Balaban J connectivity index is 1.24. The quantitative estimate of drug-likeness (QED) is 0.192. The fraction of sp³-hybridized carbons (Fsp3) is 0. The second-order valence-corrected chi connectivity index (χ2v) is 11.8. The lowest BCUT2D eigenvalue weighted by Crippen LogP contribution is -2.06. The molecule has 0 saturated carbocycles. The first kappa shape index (κ1) is 25.9. The average molecular weight is 644 g/mol. The Labute approximate surface area is 266 Å². The Morgan fingerprint density at radius 3 is 1.93 bits per heavy atom. The molecule has 212 valence electrons. The van der Waals surface area contributed by atoms with Gasteiger partial charge in [-0.15, -0.1) is 0 Å². The minimum atomic E-state index is 0.565. The number of hydrogen-bond donors (Lipinski definition) is 0. The fourth-order valence-electron chi connectivity index (χ4n) is 6.31. The number of benzene rings is 6. The summed E-state index contributed by atoms with van der Waals surface area (Å²) < 4.78 is 9.26. The lowest BCUT2D eigenvalue weighted by Gasteiger charge is -2.12. The van der Waals surface area contributed by atoms with E-state index in [4.69, 9.17) is 19.4 Å². The molecule has 0 bridgehead atoms. The van der Waals surface area contributed by atoms with E-state index in [2.05, 4.69) is 99.4 Å². The van der Waals surface area contributed by atoms with Crippen LogP contribution in [0.4, 0.5) is 0 Å². The first-order chi connectivity index (χ1) is 22.2. The van der Waals surface area contributed by atoms with Crippen LogP contribution in [0.5, 0.6) is 0 Å². The average Bonchev–Trinajstić information content (AvgIpc) is 3.65. The maximum Gasteiger partial charge on any atom is 0.238 e. The highest BCUT2D eigenvalue weighted by Gasteiger charge is 2.19. The van der Waals surface area contributed by atoms with Gasteiger partial charge in [0, 0.05) is 37.1 Å². The van der Waals surface area contributed by atoms with Crippen molar-refractivity contribution in [2.45, 2.75) is 0 Å². The molecule has 0 aliphatic rings. The van der Waals surface area contributed by atoms with Crippen molar-refractivity contribution in [1.82, 2.24) is 19.5 Å². The summed E-state index contributed by atoms with van der Waals surface area (Å²) in [6.45, 7) is 0. The van der Waals surface area contributed by atoms with E-state index < -0.39 is 0 Å². The number of hydrogen-bond acceptors (Lipinski definition) is 4. The van der Waals surface area contributed by atoms with Gasteiger partial charge in [0.2, 0.25) is 5.95 Å². The van der Waals surface area contributed by atoms with E-state index >= 15 is 0 Å². The first-order valence-corrected chi connectivity index (χ1v) is 15.5. The van der Waals surface area contributed by atoms with E-state index in [9.17, 15) is 0 Å². The molecule has 0 radical (unpaired) electrons. The van der Waals surface area contributed by atoms with Crippen LogP contribution in [0.3, 0.4) is 0 Å². The predicted octanol–water partition coefficient (Wildman–Crippen LogP) is 10.6. The molecule has 9 aromatic rings. The molecule has 0 aliphatic heterocycles. The molecule has 3 heterocycles. The fourth-order valence-corrected chi connectivity index (χ4v) is 6.85. The summed E-state index contributed by atoms with van der Waals surface area (Å²) in [6, 6.07) is 47.5. The van der Waals surface area contributed by atoms with Crippen LogP contribution in [-0.4, -0.2) is 19.5 Å². The number of halogens is 1. The van der Waals surface area contributed by atoms with Gasteiger partial charge in [0.1, 0.15) is 11.2 Å². The third kappa shape index (κ3) is 4.18. The molecule has 0 amide bonds. The minimum Gasteiger partial charge on any atom is -0.456 e. The Morgan fingerprint density at radius 1 is 0.489 bits per heavy atom. The Hall–Kier alpha value is -5.59. The van der Waals surface area contributed by atoms with E-state index in [1.807, 2.05) is 60.7 Å². The van der Waals surface area contributed by atoms with Crippen molar-refractivity contribution in [2.24, 2.45) is 0 Å². The van der Waals surface area contributed by atoms with Gasteiger partial charge >= 0.3 is 0 Å². The number of furan rings is 1. The Morgan fingerprint density at radius 2 is 1.11 bits per heavy atom. The van der Waals surface area contributed by atoms with E-state index in [1.165, 1.54) is 0 Å². The standard InChI is InChI=1S/C39H23BrN4O/c40-31-16-8-15-29-28-12-4-6-17-32(28)44(36(29)31)39-42-37(25-10-2-1-3-11-25)41-38(43-39)26-22-20-24(21-23-26)27-14-9-19-34-35(27)30-13-5-7-18-33(30)45-34/h1-23H. The topological polar surface area (TPSA) is 56.7 Å². The van der Waals surface area contributed by atoms with Crippen LogP contribution in [0.25, 0.3) is 83.6 Å².